The quantitative estimate of drug-likeness (QED) is 0.867. The van der Waals surface area contributed by atoms with Crippen molar-refractivity contribution in [3.63, 3.8) is 0 Å². The Labute approximate surface area is 151 Å². The van der Waals surface area contributed by atoms with Gasteiger partial charge in [-0.1, -0.05) is 0 Å². The van der Waals surface area contributed by atoms with Gasteiger partial charge in [0, 0.05) is 28.4 Å². The van der Waals surface area contributed by atoms with E-state index in [0.717, 1.165) is 35.5 Å². The molecule has 6 heteroatoms. The van der Waals surface area contributed by atoms with E-state index in [-0.39, 0.29) is 17.6 Å². The van der Waals surface area contributed by atoms with Gasteiger partial charge in [0.2, 0.25) is 5.91 Å². The molecule has 1 aromatic heterocycles. The number of fused-ring (bicyclic) bond motifs is 1. The van der Waals surface area contributed by atoms with E-state index in [4.69, 9.17) is 4.74 Å². The van der Waals surface area contributed by atoms with Crippen molar-refractivity contribution in [2.24, 2.45) is 5.92 Å². The summed E-state index contributed by atoms with van der Waals surface area (Å²) in [6.45, 7) is 5.16. The molecule has 1 amide bonds. The number of nitrogens with one attached hydrogen (secondary N) is 1. The van der Waals surface area contributed by atoms with E-state index in [1.54, 1.807) is 17.4 Å². The summed E-state index contributed by atoms with van der Waals surface area (Å²) in [6, 6.07) is 7.93. The summed E-state index contributed by atoms with van der Waals surface area (Å²) >= 11 is 1.69. The van der Waals surface area contributed by atoms with Gasteiger partial charge in [0.1, 0.15) is 6.61 Å². The summed E-state index contributed by atoms with van der Waals surface area (Å²) in [6.07, 6.45) is 0.892. The molecule has 0 saturated carbocycles. The molecule has 2 aromatic rings. The molecule has 0 spiro atoms. The fourth-order valence-electron chi connectivity index (χ4n) is 3.54. The summed E-state index contributed by atoms with van der Waals surface area (Å²) < 4.78 is 5.76. The number of carbonyl (C=O) groups excluding carboxylic acids is 1. The molecule has 0 radical (unpaired) electrons. The number of hydrogen-bond donors (Lipinski definition) is 2. The van der Waals surface area contributed by atoms with E-state index in [1.807, 2.05) is 11.0 Å². The monoisotopic (exact) mass is 358 g/mol. The first-order valence-corrected chi connectivity index (χ1v) is 9.48. The number of phenols is 1. The lowest BCUT2D eigenvalue weighted by Gasteiger charge is -2.23. The molecule has 1 aromatic carbocycles. The number of thiophene rings is 1. The molecule has 4 rings (SSSR count). The van der Waals surface area contributed by atoms with Gasteiger partial charge in [-0.3, -0.25) is 4.79 Å². The molecule has 25 heavy (non-hydrogen) atoms. The average molecular weight is 358 g/mol. The number of amides is 1. The minimum Gasteiger partial charge on any atom is -0.504 e. The van der Waals surface area contributed by atoms with Crippen molar-refractivity contribution in [3.05, 3.63) is 34.7 Å². The Kier molecular flexibility index (Phi) is 4.39. The number of aryl methyl sites for hydroxylation is 1. The predicted molar refractivity (Wildman–Crippen MR) is 98.0 cm³/mol. The number of carbonyl (C=O) groups is 1. The van der Waals surface area contributed by atoms with Crippen molar-refractivity contribution >= 4 is 17.2 Å². The van der Waals surface area contributed by atoms with Gasteiger partial charge in [-0.2, -0.15) is 0 Å². The van der Waals surface area contributed by atoms with Crippen molar-refractivity contribution in [2.75, 3.05) is 26.2 Å². The van der Waals surface area contributed by atoms with E-state index in [2.05, 4.69) is 24.4 Å². The van der Waals surface area contributed by atoms with Gasteiger partial charge in [-0.05, 0) is 49.7 Å². The number of aromatic hydroxyl groups is 1. The van der Waals surface area contributed by atoms with Crippen LogP contribution in [-0.4, -0.2) is 42.2 Å². The van der Waals surface area contributed by atoms with Gasteiger partial charge < -0.3 is 20.1 Å². The maximum atomic E-state index is 12.8. The van der Waals surface area contributed by atoms with Gasteiger partial charge in [0.25, 0.3) is 0 Å². The zero-order valence-corrected chi connectivity index (χ0v) is 15.1. The van der Waals surface area contributed by atoms with Crippen LogP contribution in [0.1, 0.15) is 16.9 Å². The Morgan fingerprint density at radius 1 is 1.40 bits per heavy atom. The van der Waals surface area contributed by atoms with Gasteiger partial charge in [0.15, 0.2) is 11.5 Å². The van der Waals surface area contributed by atoms with Crippen molar-refractivity contribution in [1.29, 1.82) is 0 Å². The minimum absolute atomic E-state index is 0.0540. The van der Waals surface area contributed by atoms with Gasteiger partial charge in [-0.25, -0.2) is 0 Å². The molecule has 1 fully saturated rings. The highest BCUT2D eigenvalue weighted by atomic mass is 32.1. The highest BCUT2D eigenvalue weighted by Gasteiger charge is 2.29. The zero-order chi connectivity index (χ0) is 17.4. The van der Waals surface area contributed by atoms with Crippen LogP contribution in [0.25, 0.3) is 10.4 Å². The second-order valence-corrected chi connectivity index (χ2v) is 7.98. The van der Waals surface area contributed by atoms with Crippen molar-refractivity contribution in [2.45, 2.75) is 19.9 Å². The molecular weight excluding hydrogens is 336 g/mol. The fraction of sp³-hybridized carbons (Fsp3) is 0.421. The molecule has 2 N–H and O–H groups in total. The van der Waals surface area contributed by atoms with Gasteiger partial charge >= 0.3 is 0 Å². The zero-order valence-electron chi connectivity index (χ0n) is 14.2. The smallest absolute Gasteiger partial charge is 0.227 e. The maximum absolute atomic E-state index is 12.8. The van der Waals surface area contributed by atoms with E-state index in [9.17, 15) is 9.90 Å². The molecule has 0 bridgehead atoms. The summed E-state index contributed by atoms with van der Waals surface area (Å²) in [5.41, 5.74) is 1.84. The Hall–Kier alpha value is -2.05. The molecule has 1 atom stereocenters. The number of rotatable bonds is 2. The Balaban J connectivity index is 1.65. The van der Waals surface area contributed by atoms with Crippen molar-refractivity contribution in [1.82, 2.24) is 10.2 Å². The van der Waals surface area contributed by atoms with Crippen LogP contribution < -0.4 is 10.1 Å². The van der Waals surface area contributed by atoms with Crippen LogP contribution in [0.3, 0.4) is 0 Å². The fourth-order valence-corrected chi connectivity index (χ4v) is 4.40. The highest BCUT2D eigenvalue weighted by molar-refractivity contribution is 7.15. The summed E-state index contributed by atoms with van der Waals surface area (Å²) in [4.78, 5) is 17.0. The van der Waals surface area contributed by atoms with Crippen LogP contribution >= 0.6 is 11.3 Å². The topological polar surface area (TPSA) is 61.8 Å². The van der Waals surface area contributed by atoms with E-state index < -0.39 is 0 Å². The molecule has 2 aliphatic rings. The molecule has 5 nitrogen and oxygen atoms in total. The number of phenolic OH excluding ortho intramolecular Hbond substituents is 1. The van der Waals surface area contributed by atoms with Gasteiger partial charge in [0.05, 0.1) is 12.5 Å². The Morgan fingerprint density at radius 3 is 3.00 bits per heavy atom. The summed E-state index contributed by atoms with van der Waals surface area (Å²) in [7, 11) is 0. The van der Waals surface area contributed by atoms with Crippen LogP contribution in [0.2, 0.25) is 0 Å². The van der Waals surface area contributed by atoms with Crippen LogP contribution in [0.5, 0.6) is 11.5 Å². The van der Waals surface area contributed by atoms with E-state index in [1.165, 1.54) is 4.88 Å². The average Bonchev–Trinajstić information content (AvgIpc) is 3.22. The van der Waals surface area contributed by atoms with Crippen molar-refractivity contribution in [3.8, 4) is 21.9 Å². The first-order valence-electron chi connectivity index (χ1n) is 8.67. The lowest BCUT2D eigenvalue weighted by atomic mass is 10.0. The molecule has 1 saturated heterocycles. The largest absolute Gasteiger partial charge is 0.504 e. The molecule has 132 valence electrons. The SMILES string of the molecule is Cc1ccc(-c2cc(O)c3c(c2)CN(C(=O)[C@H]2CCNC2)CCO3)s1. The lowest BCUT2D eigenvalue weighted by molar-refractivity contribution is -0.135. The first-order chi connectivity index (χ1) is 12.1. The Morgan fingerprint density at radius 2 is 2.28 bits per heavy atom. The third-order valence-corrected chi connectivity index (χ3v) is 5.91. The highest BCUT2D eigenvalue weighted by Crippen LogP contribution is 2.39. The maximum Gasteiger partial charge on any atom is 0.227 e. The molecular formula is C19H22N2O3S. The molecule has 2 aliphatic heterocycles. The molecule has 0 unspecified atom stereocenters. The number of hydrogen-bond acceptors (Lipinski definition) is 5. The third-order valence-electron chi connectivity index (χ3n) is 4.86. The third kappa shape index (κ3) is 3.24. The van der Waals surface area contributed by atoms with Crippen LogP contribution in [0.15, 0.2) is 24.3 Å². The first kappa shape index (κ1) is 16.4. The van der Waals surface area contributed by atoms with Crippen LogP contribution in [0, 0.1) is 12.8 Å². The summed E-state index contributed by atoms with van der Waals surface area (Å²) in [5.74, 6) is 0.892. The van der Waals surface area contributed by atoms with Crippen LogP contribution in [0.4, 0.5) is 0 Å². The number of nitrogens with zero attached hydrogens (tertiary/aromatic N) is 1. The second kappa shape index (κ2) is 6.69. The standard InChI is InChI=1S/C19H22N2O3S/c1-12-2-3-17(25-12)14-8-15-11-21(19(23)13-4-5-20-10-13)6-7-24-18(15)16(22)9-14/h2-3,8-9,13,20,22H,4-7,10-11H2,1H3/t13-/m0/s1. The van der Waals surface area contributed by atoms with E-state index >= 15 is 0 Å². The summed E-state index contributed by atoms with van der Waals surface area (Å²) in [5, 5.41) is 13.7. The number of benzene rings is 1. The number of ether oxygens (including phenoxy) is 1. The predicted octanol–water partition coefficient (Wildman–Crippen LogP) is 2.76. The van der Waals surface area contributed by atoms with E-state index in [0.29, 0.717) is 25.4 Å². The lowest BCUT2D eigenvalue weighted by Crippen LogP contribution is -2.37. The van der Waals surface area contributed by atoms with Gasteiger partial charge in [-0.15, -0.1) is 11.3 Å². The Bertz CT molecular complexity index is 796. The van der Waals surface area contributed by atoms with Crippen molar-refractivity contribution < 1.29 is 14.6 Å². The van der Waals surface area contributed by atoms with Crippen LogP contribution in [-0.2, 0) is 11.3 Å². The minimum atomic E-state index is 0.0540. The second-order valence-electron chi connectivity index (χ2n) is 6.69. The molecule has 3 heterocycles. The normalized spacial score (nSPS) is 20.0. The molecule has 0 aliphatic carbocycles.